The minimum atomic E-state index is -3.62. The molecule has 1 aliphatic heterocycles. The lowest BCUT2D eigenvalue weighted by molar-refractivity contribution is -0.126. The molecule has 1 saturated heterocycles. The maximum Gasteiger partial charge on any atom is 0.243 e. The molecule has 1 aromatic heterocycles. The van der Waals surface area contributed by atoms with Gasteiger partial charge in [-0.1, -0.05) is 60.7 Å². The van der Waals surface area contributed by atoms with Crippen LogP contribution in [0, 0.1) is 5.92 Å². The van der Waals surface area contributed by atoms with Gasteiger partial charge in [0.15, 0.2) is 0 Å². The number of nitrogens with one attached hydrogen (secondary N) is 1. The molecule has 4 aromatic rings. The van der Waals surface area contributed by atoms with E-state index in [0.717, 1.165) is 22.2 Å². The molecule has 1 atom stereocenters. The van der Waals surface area contributed by atoms with Crippen molar-refractivity contribution in [1.82, 2.24) is 19.2 Å². The maximum atomic E-state index is 13.3. The van der Waals surface area contributed by atoms with Gasteiger partial charge in [-0.15, -0.1) is 0 Å². The summed E-state index contributed by atoms with van der Waals surface area (Å²) in [5.41, 5.74) is 0.950. The van der Waals surface area contributed by atoms with Gasteiger partial charge in [0.2, 0.25) is 15.9 Å². The zero-order chi connectivity index (χ0) is 24.4. The number of hydrogen-bond acceptors (Lipinski definition) is 4. The minimum absolute atomic E-state index is 0.0791. The smallest absolute Gasteiger partial charge is 0.243 e. The van der Waals surface area contributed by atoms with Crippen LogP contribution in [-0.2, 0) is 21.9 Å². The fourth-order valence-electron chi connectivity index (χ4n) is 4.69. The summed E-state index contributed by atoms with van der Waals surface area (Å²) in [5.74, 6) is 0.412. The van der Waals surface area contributed by atoms with Gasteiger partial charge in [-0.2, -0.15) is 4.31 Å². The fourth-order valence-corrected chi connectivity index (χ4v) is 6.20. The van der Waals surface area contributed by atoms with E-state index in [4.69, 9.17) is 0 Å². The number of sulfonamides is 1. The molecule has 0 spiro atoms. The summed E-state index contributed by atoms with van der Waals surface area (Å²) >= 11 is 0. The van der Waals surface area contributed by atoms with Crippen LogP contribution in [0.1, 0.15) is 30.3 Å². The Balaban J connectivity index is 1.28. The quantitative estimate of drug-likeness (QED) is 0.446. The molecule has 1 fully saturated rings. The molecule has 3 aromatic carbocycles. The van der Waals surface area contributed by atoms with Gasteiger partial charge in [-0.25, -0.2) is 13.4 Å². The second kappa shape index (κ2) is 9.64. The van der Waals surface area contributed by atoms with E-state index in [1.165, 1.54) is 4.31 Å². The van der Waals surface area contributed by atoms with Crippen LogP contribution >= 0.6 is 0 Å². The molecule has 35 heavy (non-hydrogen) atoms. The largest absolute Gasteiger partial charge is 0.342 e. The van der Waals surface area contributed by atoms with Gasteiger partial charge in [0.05, 0.1) is 4.90 Å². The highest BCUT2D eigenvalue weighted by Gasteiger charge is 2.33. The lowest BCUT2D eigenvalue weighted by Gasteiger charge is -2.31. The van der Waals surface area contributed by atoms with Gasteiger partial charge in [0.25, 0.3) is 0 Å². The molecule has 0 radical (unpaired) electrons. The van der Waals surface area contributed by atoms with Crippen molar-refractivity contribution in [2.75, 3.05) is 13.1 Å². The highest BCUT2D eigenvalue weighted by Crippen LogP contribution is 2.28. The first-order chi connectivity index (χ1) is 16.9. The fraction of sp³-hybridized carbons (Fsp3) is 0.259. The highest BCUT2D eigenvalue weighted by atomic mass is 32.2. The second-order valence-electron chi connectivity index (χ2n) is 8.94. The number of carbonyl (C=O) groups is 1. The molecule has 2 heterocycles. The number of rotatable bonds is 6. The van der Waals surface area contributed by atoms with E-state index in [0.29, 0.717) is 25.9 Å². The van der Waals surface area contributed by atoms with E-state index in [1.807, 2.05) is 78.5 Å². The summed E-state index contributed by atoms with van der Waals surface area (Å²) in [6, 6.07) is 22.3. The summed E-state index contributed by atoms with van der Waals surface area (Å²) in [7, 11) is -1.72. The van der Waals surface area contributed by atoms with Crippen LogP contribution in [0.15, 0.2) is 90.1 Å². The van der Waals surface area contributed by atoms with Crippen molar-refractivity contribution in [1.29, 1.82) is 0 Å². The summed E-state index contributed by atoms with van der Waals surface area (Å²) in [6.45, 7) is 0.622. The molecule has 1 unspecified atom stereocenters. The van der Waals surface area contributed by atoms with Crippen LogP contribution in [0.3, 0.4) is 0 Å². The molecular formula is C27H28N4O3S. The number of aromatic nitrogens is 2. The molecule has 7 nitrogen and oxygen atoms in total. The van der Waals surface area contributed by atoms with E-state index >= 15 is 0 Å². The molecule has 5 rings (SSSR count). The zero-order valence-corrected chi connectivity index (χ0v) is 20.4. The van der Waals surface area contributed by atoms with E-state index in [1.54, 1.807) is 18.3 Å². The van der Waals surface area contributed by atoms with Crippen molar-refractivity contribution >= 4 is 26.7 Å². The second-order valence-corrected chi connectivity index (χ2v) is 10.9. The van der Waals surface area contributed by atoms with Crippen molar-refractivity contribution in [3.63, 3.8) is 0 Å². The molecule has 1 amide bonds. The van der Waals surface area contributed by atoms with Gasteiger partial charge >= 0.3 is 0 Å². The number of carbonyl (C=O) groups excluding carboxylic acids is 1. The molecule has 180 valence electrons. The Morgan fingerprint density at radius 1 is 0.971 bits per heavy atom. The number of fused-ring (bicyclic) bond motifs is 1. The monoisotopic (exact) mass is 488 g/mol. The number of nitrogens with zero attached hydrogens (tertiary/aromatic N) is 3. The topological polar surface area (TPSA) is 84.3 Å². The molecule has 0 saturated carbocycles. The summed E-state index contributed by atoms with van der Waals surface area (Å²) in [5, 5.41) is 5.06. The van der Waals surface area contributed by atoms with Crippen LogP contribution in [0.5, 0.6) is 0 Å². The standard InChI is InChI=1S/C27H28N4O3S/c1-30-18-15-28-26(30)25(21-8-3-2-4-9-21)29-27(32)22-13-16-31(17-14-22)35(33,34)24-12-11-20-7-5-6-10-23(20)19-24/h2-12,15,18-19,22,25H,13-14,16-17H2,1H3,(H,29,32). The number of benzene rings is 3. The third-order valence-electron chi connectivity index (χ3n) is 6.72. The van der Waals surface area contributed by atoms with Crippen LogP contribution in [0.2, 0.25) is 0 Å². The Morgan fingerprint density at radius 2 is 1.66 bits per heavy atom. The van der Waals surface area contributed by atoms with E-state index in [2.05, 4.69) is 10.3 Å². The summed E-state index contributed by atoms with van der Waals surface area (Å²) in [6.07, 6.45) is 4.52. The van der Waals surface area contributed by atoms with Crippen molar-refractivity contribution in [2.24, 2.45) is 13.0 Å². The molecule has 0 aliphatic carbocycles. The number of piperidine rings is 1. The predicted octanol–water partition coefficient (Wildman–Crippen LogP) is 3.88. The number of amides is 1. The molecule has 1 aliphatic rings. The Kier molecular flexibility index (Phi) is 6.40. The molecule has 8 heteroatoms. The Hall–Kier alpha value is -3.49. The van der Waals surface area contributed by atoms with E-state index in [-0.39, 0.29) is 22.8 Å². The lowest BCUT2D eigenvalue weighted by Crippen LogP contribution is -2.44. The predicted molar refractivity (Wildman–Crippen MR) is 135 cm³/mol. The minimum Gasteiger partial charge on any atom is -0.342 e. The Bertz CT molecular complexity index is 1440. The van der Waals surface area contributed by atoms with Crippen molar-refractivity contribution in [3.05, 3.63) is 96.6 Å². The third-order valence-corrected chi connectivity index (χ3v) is 8.61. The van der Waals surface area contributed by atoms with Gasteiger partial charge in [0.1, 0.15) is 11.9 Å². The van der Waals surface area contributed by atoms with Crippen LogP contribution in [0.4, 0.5) is 0 Å². The zero-order valence-electron chi connectivity index (χ0n) is 19.5. The number of hydrogen-bond donors (Lipinski definition) is 1. The maximum absolute atomic E-state index is 13.3. The average molecular weight is 489 g/mol. The molecule has 0 bridgehead atoms. The van der Waals surface area contributed by atoms with Crippen molar-refractivity contribution < 1.29 is 13.2 Å². The highest BCUT2D eigenvalue weighted by molar-refractivity contribution is 7.89. The first-order valence-electron chi connectivity index (χ1n) is 11.7. The third kappa shape index (κ3) is 4.72. The van der Waals surface area contributed by atoms with Crippen LogP contribution < -0.4 is 5.32 Å². The number of imidazole rings is 1. The van der Waals surface area contributed by atoms with Crippen molar-refractivity contribution in [2.45, 2.75) is 23.8 Å². The molecule has 1 N–H and O–H groups in total. The van der Waals surface area contributed by atoms with Gasteiger partial charge < -0.3 is 9.88 Å². The normalized spacial score (nSPS) is 16.3. The first kappa shape index (κ1) is 23.3. The molecular weight excluding hydrogens is 460 g/mol. The Morgan fingerprint density at radius 3 is 2.34 bits per heavy atom. The first-order valence-corrected chi connectivity index (χ1v) is 13.2. The number of aryl methyl sites for hydroxylation is 1. The van der Waals surface area contributed by atoms with E-state index < -0.39 is 10.0 Å². The van der Waals surface area contributed by atoms with Crippen LogP contribution in [-0.4, -0.2) is 41.3 Å². The van der Waals surface area contributed by atoms with Crippen LogP contribution in [0.25, 0.3) is 10.8 Å². The summed E-state index contributed by atoms with van der Waals surface area (Å²) in [4.78, 5) is 18.0. The van der Waals surface area contributed by atoms with Crippen molar-refractivity contribution in [3.8, 4) is 0 Å². The van der Waals surface area contributed by atoms with Gasteiger partial charge in [-0.3, -0.25) is 4.79 Å². The van der Waals surface area contributed by atoms with E-state index in [9.17, 15) is 13.2 Å². The SMILES string of the molecule is Cn1ccnc1C(NC(=O)C1CCN(S(=O)(=O)c2ccc3ccccc3c2)CC1)c1ccccc1. The Labute approximate surface area is 205 Å². The average Bonchev–Trinajstić information content (AvgIpc) is 3.32. The lowest BCUT2D eigenvalue weighted by atomic mass is 9.96. The van der Waals surface area contributed by atoms with Gasteiger partial charge in [-0.05, 0) is 41.3 Å². The van der Waals surface area contributed by atoms with Gasteiger partial charge in [0, 0.05) is 38.4 Å². The summed E-state index contributed by atoms with van der Waals surface area (Å²) < 4.78 is 29.9.